The lowest BCUT2D eigenvalue weighted by Gasteiger charge is -2.38. The summed E-state index contributed by atoms with van der Waals surface area (Å²) in [4.78, 5) is 43.0. The van der Waals surface area contributed by atoms with E-state index in [9.17, 15) is 14.4 Å². The Hall–Kier alpha value is -2.85. The number of nitrogens with zero attached hydrogens (tertiary/aromatic N) is 2. The van der Waals surface area contributed by atoms with Gasteiger partial charge < -0.3 is 35.6 Å². The second kappa shape index (κ2) is 10.4. The molecule has 3 saturated heterocycles. The van der Waals surface area contributed by atoms with E-state index >= 15 is 0 Å². The number of rotatable bonds is 3. The van der Waals surface area contributed by atoms with E-state index in [-0.39, 0.29) is 42.5 Å². The van der Waals surface area contributed by atoms with E-state index in [2.05, 4.69) is 10.6 Å². The van der Waals surface area contributed by atoms with Gasteiger partial charge in [0.05, 0.1) is 12.6 Å². The Bertz CT molecular complexity index is 952. The molecule has 4 heterocycles. The monoisotopic (exact) mass is 485 g/mol. The first-order chi connectivity index (χ1) is 17.0. The normalized spacial score (nSPS) is 29.3. The number of carbonyl (C=O) groups is 3. The highest BCUT2D eigenvalue weighted by Gasteiger charge is 2.44. The van der Waals surface area contributed by atoms with Gasteiger partial charge in [-0.1, -0.05) is 18.2 Å². The van der Waals surface area contributed by atoms with Crippen molar-refractivity contribution in [3.8, 4) is 5.75 Å². The first kappa shape index (κ1) is 23.9. The predicted molar refractivity (Wildman–Crippen MR) is 128 cm³/mol. The van der Waals surface area contributed by atoms with E-state index in [1.54, 1.807) is 9.80 Å². The standard InChI is InChI=1S/C25H35N5O5/c26-19-15-29(25(33)27-16-8-12-34-13-9-16)11-7-17-5-6-21(30(17)24(19)32)23(31)28-20-10-14-35-22-4-2-1-3-18(20)22/h1-4,16-17,19-21H,5-15,26H2,(H,27,33)(H,28,31)/t17-,19+,20-,21+/m1/s1. The molecule has 1 aromatic rings. The lowest BCUT2D eigenvalue weighted by atomic mass is 10.00. The minimum absolute atomic E-state index is 0.0833. The van der Waals surface area contributed by atoms with E-state index < -0.39 is 12.1 Å². The smallest absolute Gasteiger partial charge is 0.317 e. The van der Waals surface area contributed by atoms with Gasteiger partial charge in [0.25, 0.3) is 0 Å². The fraction of sp³-hybridized carbons (Fsp3) is 0.640. The molecule has 10 nitrogen and oxygen atoms in total. The second-order valence-corrected chi connectivity index (χ2v) is 9.91. The Morgan fingerprint density at radius 1 is 0.971 bits per heavy atom. The Morgan fingerprint density at radius 3 is 2.60 bits per heavy atom. The molecule has 1 aromatic carbocycles. The van der Waals surface area contributed by atoms with Crippen LogP contribution in [0.5, 0.6) is 5.75 Å². The van der Waals surface area contributed by atoms with Crippen LogP contribution in [0.1, 0.15) is 50.1 Å². The molecule has 4 aliphatic heterocycles. The third-order valence-electron chi connectivity index (χ3n) is 7.64. The maximum absolute atomic E-state index is 13.4. The third-order valence-corrected chi connectivity index (χ3v) is 7.64. The number of carbonyl (C=O) groups excluding carboxylic acids is 3. The number of urea groups is 1. The number of ether oxygens (including phenoxy) is 2. The zero-order chi connectivity index (χ0) is 24.4. The Kier molecular flexibility index (Phi) is 7.10. The summed E-state index contributed by atoms with van der Waals surface area (Å²) in [6.07, 6.45) is 4.20. The van der Waals surface area contributed by atoms with Crippen LogP contribution in [0.2, 0.25) is 0 Å². The van der Waals surface area contributed by atoms with Crippen LogP contribution in [0.15, 0.2) is 24.3 Å². The molecule has 3 fully saturated rings. The van der Waals surface area contributed by atoms with Crippen LogP contribution in [-0.4, -0.2) is 84.7 Å². The Balaban J connectivity index is 1.23. The molecular weight excluding hydrogens is 450 g/mol. The summed E-state index contributed by atoms with van der Waals surface area (Å²) >= 11 is 0. The van der Waals surface area contributed by atoms with Crippen molar-refractivity contribution in [2.24, 2.45) is 5.73 Å². The van der Waals surface area contributed by atoms with E-state index in [1.807, 2.05) is 24.3 Å². The third kappa shape index (κ3) is 5.08. The highest BCUT2D eigenvalue weighted by Crippen LogP contribution is 2.33. The van der Waals surface area contributed by atoms with Crippen LogP contribution in [0.3, 0.4) is 0 Å². The van der Waals surface area contributed by atoms with Gasteiger partial charge in [-0.15, -0.1) is 0 Å². The number of hydrogen-bond donors (Lipinski definition) is 3. The van der Waals surface area contributed by atoms with E-state index in [1.165, 1.54) is 0 Å². The van der Waals surface area contributed by atoms with Gasteiger partial charge in [0, 0.05) is 50.4 Å². The van der Waals surface area contributed by atoms with Crippen molar-refractivity contribution in [1.82, 2.24) is 20.4 Å². The first-order valence-electron chi connectivity index (χ1n) is 12.7. The molecule has 0 bridgehead atoms. The zero-order valence-corrected chi connectivity index (χ0v) is 20.0. The molecule has 0 aromatic heterocycles. The van der Waals surface area contributed by atoms with Gasteiger partial charge in [0.2, 0.25) is 11.8 Å². The quantitative estimate of drug-likeness (QED) is 0.584. The molecule has 0 saturated carbocycles. The molecule has 0 unspecified atom stereocenters. The fourth-order valence-corrected chi connectivity index (χ4v) is 5.71. The van der Waals surface area contributed by atoms with Crippen molar-refractivity contribution in [2.45, 2.75) is 68.7 Å². The summed E-state index contributed by atoms with van der Waals surface area (Å²) in [5.41, 5.74) is 7.26. The SMILES string of the molecule is N[C@H]1CN(C(=O)NC2CCOCC2)CC[C@H]2CC[C@@H](C(=O)N[C@@H]3CCOc4ccccc43)N2C1=O. The van der Waals surface area contributed by atoms with Crippen LogP contribution in [0.25, 0.3) is 0 Å². The van der Waals surface area contributed by atoms with Gasteiger partial charge in [0.15, 0.2) is 0 Å². The lowest BCUT2D eigenvalue weighted by molar-refractivity contribution is -0.142. The molecule has 4 atom stereocenters. The minimum atomic E-state index is -0.865. The van der Waals surface area contributed by atoms with Crippen molar-refractivity contribution in [1.29, 1.82) is 0 Å². The summed E-state index contributed by atoms with van der Waals surface area (Å²) in [5, 5.41) is 6.22. The van der Waals surface area contributed by atoms with Crippen molar-refractivity contribution < 1.29 is 23.9 Å². The molecular formula is C25H35N5O5. The zero-order valence-electron chi connectivity index (χ0n) is 20.0. The van der Waals surface area contributed by atoms with E-state index in [0.717, 1.165) is 30.6 Å². The van der Waals surface area contributed by atoms with Gasteiger partial charge in [-0.3, -0.25) is 9.59 Å². The van der Waals surface area contributed by atoms with Crippen molar-refractivity contribution in [3.05, 3.63) is 29.8 Å². The second-order valence-electron chi connectivity index (χ2n) is 9.91. The highest BCUT2D eigenvalue weighted by molar-refractivity contribution is 5.91. The molecule has 10 heteroatoms. The molecule has 4 amide bonds. The predicted octanol–water partition coefficient (Wildman–Crippen LogP) is 0.908. The van der Waals surface area contributed by atoms with Crippen molar-refractivity contribution in [2.75, 3.05) is 32.9 Å². The lowest BCUT2D eigenvalue weighted by Crippen LogP contribution is -2.60. The van der Waals surface area contributed by atoms with Crippen LogP contribution >= 0.6 is 0 Å². The maximum atomic E-state index is 13.4. The van der Waals surface area contributed by atoms with Gasteiger partial charge in [0.1, 0.15) is 17.8 Å². The van der Waals surface area contributed by atoms with Crippen molar-refractivity contribution >= 4 is 17.8 Å². The summed E-state index contributed by atoms with van der Waals surface area (Å²) in [6, 6.07) is 5.96. The fourth-order valence-electron chi connectivity index (χ4n) is 5.71. The van der Waals surface area contributed by atoms with Gasteiger partial charge in [-0.25, -0.2) is 4.79 Å². The number of para-hydroxylation sites is 1. The molecule has 0 spiro atoms. The average molecular weight is 486 g/mol. The summed E-state index contributed by atoms with van der Waals surface area (Å²) in [5.74, 6) is 0.380. The topological polar surface area (TPSA) is 126 Å². The van der Waals surface area contributed by atoms with Crippen molar-refractivity contribution in [3.63, 3.8) is 0 Å². The molecule has 190 valence electrons. The number of nitrogens with one attached hydrogen (secondary N) is 2. The van der Waals surface area contributed by atoms with Crippen LogP contribution < -0.4 is 21.1 Å². The molecule has 4 N–H and O–H groups in total. The summed E-state index contributed by atoms with van der Waals surface area (Å²) in [7, 11) is 0. The number of hydrogen-bond acceptors (Lipinski definition) is 6. The number of benzene rings is 1. The summed E-state index contributed by atoms with van der Waals surface area (Å²) < 4.78 is 11.1. The average Bonchev–Trinajstić information content (AvgIpc) is 3.29. The molecule has 4 aliphatic rings. The van der Waals surface area contributed by atoms with Crippen LogP contribution in [0, 0.1) is 0 Å². The van der Waals surface area contributed by atoms with E-state index in [0.29, 0.717) is 45.6 Å². The molecule has 5 rings (SSSR count). The molecule has 35 heavy (non-hydrogen) atoms. The van der Waals surface area contributed by atoms with Gasteiger partial charge in [-0.2, -0.15) is 0 Å². The first-order valence-corrected chi connectivity index (χ1v) is 12.7. The molecule has 0 aliphatic carbocycles. The number of amides is 4. The maximum Gasteiger partial charge on any atom is 0.317 e. The van der Waals surface area contributed by atoms with E-state index in [4.69, 9.17) is 15.2 Å². The van der Waals surface area contributed by atoms with Gasteiger partial charge in [-0.05, 0) is 38.2 Å². The summed E-state index contributed by atoms with van der Waals surface area (Å²) in [6.45, 7) is 2.46. The Morgan fingerprint density at radius 2 is 1.77 bits per heavy atom. The van der Waals surface area contributed by atoms with Crippen LogP contribution in [-0.2, 0) is 14.3 Å². The highest BCUT2D eigenvalue weighted by atomic mass is 16.5. The Labute approximate surface area is 205 Å². The molecule has 0 radical (unpaired) electrons. The largest absolute Gasteiger partial charge is 0.493 e. The number of fused-ring (bicyclic) bond motifs is 2. The minimum Gasteiger partial charge on any atom is -0.493 e. The van der Waals surface area contributed by atoms with Crippen LogP contribution in [0.4, 0.5) is 4.79 Å². The van der Waals surface area contributed by atoms with Gasteiger partial charge >= 0.3 is 6.03 Å². The number of nitrogens with two attached hydrogens (primary N) is 1.